The lowest BCUT2D eigenvalue weighted by Crippen LogP contribution is -2.34. The van der Waals surface area contributed by atoms with Gasteiger partial charge in [0.25, 0.3) is 5.91 Å². The van der Waals surface area contributed by atoms with Crippen LogP contribution in [0.1, 0.15) is 44.0 Å². The lowest BCUT2D eigenvalue weighted by Gasteiger charge is -2.24. The summed E-state index contributed by atoms with van der Waals surface area (Å²) in [5, 5.41) is 24.0. The van der Waals surface area contributed by atoms with Gasteiger partial charge in [0.05, 0.1) is 11.2 Å². The van der Waals surface area contributed by atoms with Crippen molar-refractivity contribution in [2.45, 2.75) is 39.2 Å². The van der Waals surface area contributed by atoms with Crippen molar-refractivity contribution in [3.8, 4) is 0 Å². The van der Waals surface area contributed by atoms with Crippen LogP contribution in [-0.4, -0.2) is 38.3 Å². The van der Waals surface area contributed by atoms with Gasteiger partial charge in [-0.25, -0.2) is 4.98 Å². The summed E-state index contributed by atoms with van der Waals surface area (Å²) < 4.78 is 0. The quantitative estimate of drug-likeness (QED) is 0.677. The molecule has 0 spiro atoms. The lowest BCUT2D eigenvalue weighted by molar-refractivity contribution is 0.0585. The molecule has 0 aliphatic heterocycles. The van der Waals surface area contributed by atoms with Gasteiger partial charge in [-0.15, -0.1) is 10.2 Å². The van der Waals surface area contributed by atoms with Crippen molar-refractivity contribution >= 4 is 28.2 Å². The number of aliphatic hydroxyl groups is 1. The monoisotopic (exact) mass is 349 g/mol. The Balaban J connectivity index is 1.86. The Morgan fingerprint density at radius 2 is 2.21 bits per heavy atom. The van der Waals surface area contributed by atoms with Gasteiger partial charge in [0.2, 0.25) is 5.13 Å². The molecule has 8 heteroatoms. The Bertz CT molecular complexity index is 641. The highest BCUT2D eigenvalue weighted by molar-refractivity contribution is 7.13. The van der Waals surface area contributed by atoms with Gasteiger partial charge in [0, 0.05) is 12.7 Å². The molecule has 1 amide bonds. The highest BCUT2D eigenvalue weighted by Crippen LogP contribution is 2.17. The molecule has 0 saturated carbocycles. The van der Waals surface area contributed by atoms with E-state index in [0.717, 1.165) is 12.8 Å². The van der Waals surface area contributed by atoms with Crippen molar-refractivity contribution < 1.29 is 9.90 Å². The number of amides is 1. The minimum Gasteiger partial charge on any atom is -0.388 e. The summed E-state index contributed by atoms with van der Waals surface area (Å²) in [6.45, 7) is 6.49. The smallest absolute Gasteiger partial charge is 0.259 e. The third-order valence-electron chi connectivity index (χ3n) is 3.52. The van der Waals surface area contributed by atoms with Crippen molar-refractivity contribution in [2.24, 2.45) is 5.92 Å². The molecule has 2 aromatic rings. The summed E-state index contributed by atoms with van der Waals surface area (Å²) in [4.78, 5) is 16.2. The second kappa shape index (κ2) is 8.16. The first kappa shape index (κ1) is 18.3. The fraction of sp³-hybridized carbons (Fsp3) is 0.500. The summed E-state index contributed by atoms with van der Waals surface area (Å²) >= 11 is 1.25. The number of pyridine rings is 1. The molecular weight excluding hydrogens is 326 g/mol. The number of rotatable bonds is 8. The number of carbonyl (C=O) groups excluding carboxylic acids is 1. The van der Waals surface area contributed by atoms with Crippen molar-refractivity contribution in [1.29, 1.82) is 0 Å². The fourth-order valence-corrected chi connectivity index (χ4v) is 2.44. The fourth-order valence-electron chi connectivity index (χ4n) is 2.00. The van der Waals surface area contributed by atoms with E-state index in [2.05, 4.69) is 39.7 Å². The van der Waals surface area contributed by atoms with Crippen molar-refractivity contribution in [2.75, 3.05) is 17.2 Å². The number of anilines is 2. The van der Waals surface area contributed by atoms with Crippen LogP contribution in [0.3, 0.4) is 0 Å². The van der Waals surface area contributed by atoms with E-state index in [1.54, 1.807) is 17.6 Å². The summed E-state index contributed by atoms with van der Waals surface area (Å²) in [7, 11) is 0. The predicted molar refractivity (Wildman–Crippen MR) is 95.3 cm³/mol. The van der Waals surface area contributed by atoms with Crippen LogP contribution < -0.4 is 10.6 Å². The number of nitrogens with one attached hydrogen (secondary N) is 2. The van der Waals surface area contributed by atoms with Crippen molar-refractivity contribution in [3.63, 3.8) is 0 Å². The molecular formula is C16H23N5O2S. The Morgan fingerprint density at radius 1 is 1.42 bits per heavy atom. The Hall–Kier alpha value is -2.06. The largest absolute Gasteiger partial charge is 0.388 e. The molecule has 2 aromatic heterocycles. The molecule has 0 aliphatic carbocycles. The normalized spacial score (nSPS) is 13.5. The average molecular weight is 349 g/mol. The second-order valence-electron chi connectivity index (χ2n) is 6.41. The van der Waals surface area contributed by atoms with Gasteiger partial charge >= 0.3 is 0 Å². The summed E-state index contributed by atoms with van der Waals surface area (Å²) in [5.74, 6) is 0.891. The predicted octanol–water partition coefficient (Wildman–Crippen LogP) is 2.78. The minimum absolute atomic E-state index is 0.283. The number of nitrogens with zero attached hydrogens (tertiary/aromatic N) is 3. The molecule has 7 nitrogen and oxygen atoms in total. The van der Waals surface area contributed by atoms with Gasteiger partial charge in [-0.3, -0.25) is 10.1 Å². The number of carbonyl (C=O) groups is 1. The number of aromatic nitrogens is 3. The molecule has 0 aromatic carbocycles. The maximum atomic E-state index is 12.0. The zero-order chi connectivity index (χ0) is 17.6. The summed E-state index contributed by atoms with van der Waals surface area (Å²) in [6.07, 6.45) is 3.17. The highest BCUT2D eigenvalue weighted by Gasteiger charge is 2.20. The molecule has 2 rings (SSSR count). The molecule has 2 heterocycles. The zero-order valence-electron chi connectivity index (χ0n) is 14.1. The van der Waals surface area contributed by atoms with Gasteiger partial charge in [-0.2, -0.15) is 0 Å². The molecule has 0 bridgehead atoms. The first-order chi connectivity index (χ1) is 11.4. The van der Waals surface area contributed by atoms with Crippen LogP contribution in [0.4, 0.5) is 10.9 Å². The Kier molecular flexibility index (Phi) is 6.22. The number of hydrogen-bond acceptors (Lipinski definition) is 7. The van der Waals surface area contributed by atoms with Gasteiger partial charge < -0.3 is 10.4 Å². The molecule has 1 unspecified atom stereocenters. The van der Waals surface area contributed by atoms with E-state index >= 15 is 0 Å². The van der Waals surface area contributed by atoms with Crippen LogP contribution in [0.15, 0.2) is 23.8 Å². The maximum absolute atomic E-state index is 12.0. The molecule has 3 N–H and O–H groups in total. The Morgan fingerprint density at radius 3 is 2.79 bits per heavy atom. The van der Waals surface area contributed by atoms with E-state index in [-0.39, 0.29) is 5.91 Å². The Labute approximate surface area is 145 Å². The molecule has 0 fully saturated rings. The summed E-state index contributed by atoms with van der Waals surface area (Å²) in [6, 6.07) is 3.39. The van der Waals surface area contributed by atoms with Crippen LogP contribution in [-0.2, 0) is 0 Å². The van der Waals surface area contributed by atoms with Crippen molar-refractivity contribution in [3.05, 3.63) is 29.4 Å². The van der Waals surface area contributed by atoms with E-state index in [1.165, 1.54) is 17.5 Å². The van der Waals surface area contributed by atoms with E-state index in [0.29, 0.717) is 29.0 Å². The van der Waals surface area contributed by atoms with Gasteiger partial charge in [-0.1, -0.05) is 25.2 Å². The van der Waals surface area contributed by atoms with Gasteiger partial charge in [-0.05, 0) is 37.8 Å². The molecule has 0 saturated heterocycles. The van der Waals surface area contributed by atoms with E-state index in [4.69, 9.17) is 0 Å². The van der Waals surface area contributed by atoms with Crippen LogP contribution in [0.5, 0.6) is 0 Å². The average Bonchev–Trinajstić information content (AvgIpc) is 3.05. The number of hydrogen-bond donors (Lipinski definition) is 3. The molecule has 0 radical (unpaired) electrons. The lowest BCUT2D eigenvalue weighted by atomic mass is 9.95. The highest BCUT2D eigenvalue weighted by atomic mass is 32.1. The van der Waals surface area contributed by atoms with Crippen LogP contribution in [0.2, 0.25) is 0 Å². The standard InChI is InChI=1S/C16H23N5O2S/c1-11(2)6-7-16(3,23)9-18-13-5-4-12(8-17-13)14(22)20-15-21-19-10-24-15/h4-5,8,10-11,23H,6-7,9H2,1-3H3,(H,17,18)(H,20,21,22). The molecule has 24 heavy (non-hydrogen) atoms. The zero-order valence-corrected chi connectivity index (χ0v) is 14.9. The first-order valence-corrected chi connectivity index (χ1v) is 8.73. The van der Waals surface area contributed by atoms with Crippen molar-refractivity contribution in [1.82, 2.24) is 15.2 Å². The molecule has 130 valence electrons. The van der Waals surface area contributed by atoms with E-state index in [1.807, 2.05) is 6.92 Å². The van der Waals surface area contributed by atoms with Crippen LogP contribution in [0.25, 0.3) is 0 Å². The minimum atomic E-state index is -0.792. The van der Waals surface area contributed by atoms with Gasteiger partial charge in [0.15, 0.2) is 0 Å². The van der Waals surface area contributed by atoms with Crippen LogP contribution in [0, 0.1) is 5.92 Å². The molecule has 1 atom stereocenters. The molecule has 0 aliphatic rings. The maximum Gasteiger partial charge on any atom is 0.259 e. The van der Waals surface area contributed by atoms with Gasteiger partial charge in [0.1, 0.15) is 11.3 Å². The van der Waals surface area contributed by atoms with E-state index < -0.39 is 5.60 Å². The first-order valence-electron chi connectivity index (χ1n) is 7.85. The van der Waals surface area contributed by atoms with Crippen LogP contribution >= 0.6 is 11.3 Å². The summed E-state index contributed by atoms with van der Waals surface area (Å²) in [5.41, 5.74) is 1.19. The second-order valence-corrected chi connectivity index (χ2v) is 7.25. The third kappa shape index (κ3) is 5.86. The van der Waals surface area contributed by atoms with E-state index in [9.17, 15) is 9.90 Å². The SMILES string of the molecule is CC(C)CCC(C)(O)CNc1ccc(C(=O)Nc2nncs2)cn1. The topological polar surface area (TPSA) is 100 Å². The third-order valence-corrected chi connectivity index (χ3v) is 4.12.